The second kappa shape index (κ2) is 7.17. The molecule has 1 unspecified atom stereocenters. The number of hydrogen-bond acceptors (Lipinski definition) is 4. The SMILES string of the molecule is CC1CN(C)CCCN1CCOCCO. The van der Waals surface area contributed by atoms with Crippen molar-refractivity contribution in [3.05, 3.63) is 0 Å². The van der Waals surface area contributed by atoms with E-state index in [-0.39, 0.29) is 6.61 Å². The molecule has 4 nitrogen and oxygen atoms in total. The molecular formula is C11H24N2O2. The van der Waals surface area contributed by atoms with Crippen LogP contribution in [0.4, 0.5) is 0 Å². The molecule has 0 amide bonds. The van der Waals surface area contributed by atoms with Crippen LogP contribution in [0.2, 0.25) is 0 Å². The van der Waals surface area contributed by atoms with Crippen molar-refractivity contribution in [3.8, 4) is 0 Å². The summed E-state index contributed by atoms with van der Waals surface area (Å²) in [6, 6.07) is 0.607. The van der Waals surface area contributed by atoms with E-state index in [4.69, 9.17) is 9.84 Å². The molecular weight excluding hydrogens is 192 g/mol. The van der Waals surface area contributed by atoms with Crippen LogP contribution in [0.25, 0.3) is 0 Å². The monoisotopic (exact) mass is 216 g/mol. The Kier molecular flexibility index (Phi) is 6.17. The molecule has 90 valence electrons. The first-order chi connectivity index (χ1) is 7.24. The number of aliphatic hydroxyl groups is 1. The van der Waals surface area contributed by atoms with Crippen LogP contribution >= 0.6 is 0 Å². The zero-order chi connectivity index (χ0) is 11.1. The second-order valence-electron chi connectivity index (χ2n) is 4.34. The van der Waals surface area contributed by atoms with Crippen molar-refractivity contribution in [2.24, 2.45) is 0 Å². The Morgan fingerprint density at radius 2 is 2.13 bits per heavy atom. The van der Waals surface area contributed by atoms with Crippen LogP contribution in [0.1, 0.15) is 13.3 Å². The highest BCUT2D eigenvalue weighted by atomic mass is 16.5. The minimum atomic E-state index is 0.123. The Labute approximate surface area is 92.8 Å². The maximum atomic E-state index is 8.59. The third-order valence-electron chi connectivity index (χ3n) is 2.94. The van der Waals surface area contributed by atoms with Crippen LogP contribution < -0.4 is 0 Å². The zero-order valence-corrected chi connectivity index (χ0v) is 9.98. The molecule has 0 bridgehead atoms. The van der Waals surface area contributed by atoms with Crippen LogP contribution in [0.3, 0.4) is 0 Å². The summed E-state index contributed by atoms with van der Waals surface area (Å²) in [5.74, 6) is 0. The van der Waals surface area contributed by atoms with Gasteiger partial charge in [0.2, 0.25) is 0 Å². The van der Waals surface area contributed by atoms with Gasteiger partial charge in [0.25, 0.3) is 0 Å². The van der Waals surface area contributed by atoms with Gasteiger partial charge in [0.15, 0.2) is 0 Å². The van der Waals surface area contributed by atoms with E-state index in [1.807, 2.05) is 0 Å². The highest BCUT2D eigenvalue weighted by molar-refractivity contribution is 4.74. The lowest BCUT2D eigenvalue weighted by Crippen LogP contribution is -2.39. The van der Waals surface area contributed by atoms with E-state index in [0.29, 0.717) is 12.6 Å². The van der Waals surface area contributed by atoms with Gasteiger partial charge in [-0.25, -0.2) is 0 Å². The molecule has 1 aliphatic rings. The fourth-order valence-electron chi connectivity index (χ4n) is 2.10. The van der Waals surface area contributed by atoms with Crippen molar-refractivity contribution in [1.29, 1.82) is 0 Å². The summed E-state index contributed by atoms with van der Waals surface area (Å²) in [5.41, 5.74) is 0. The molecule has 1 fully saturated rings. The molecule has 0 radical (unpaired) electrons. The smallest absolute Gasteiger partial charge is 0.0698 e. The summed E-state index contributed by atoms with van der Waals surface area (Å²) in [5, 5.41) is 8.59. The van der Waals surface area contributed by atoms with Gasteiger partial charge in [0.05, 0.1) is 19.8 Å². The van der Waals surface area contributed by atoms with Gasteiger partial charge in [-0.2, -0.15) is 0 Å². The molecule has 1 atom stereocenters. The van der Waals surface area contributed by atoms with Crippen molar-refractivity contribution in [3.63, 3.8) is 0 Å². The molecule has 1 aliphatic heterocycles. The molecule has 15 heavy (non-hydrogen) atoms. The van der Waals surface area contributed by atoms with Gasteiger partial charge < -0.3 is 14.7 Å². The van der Waals surface area contributed by atoms with Crippen molar-refractivity contribution in [2.75, 3.05) is 53.0 Å². The molecule has 1 N–H and O–H groups in total. The average molecular weight is 216 g/mol. The standard InChI is InChI=1S/C11H24N2O2/c1-11-10-12(2)4-3-5-13(11)6-8-15-9-7-14/h11,14H,3-10H2,1-2H3. The third kappa shape index (κ3) is 4.93. The van der Waals surface area contributed by atoms with E-state index in [2.05, 4.69) is 23.8 Å². The molecule has 1 rings (SSSR count). The Morgan fingerprint density at radius 3 is 2.87 bits per heavy atom. The van der Waals surface area contributed by atoms with Crippen LogP contribution in [-0.2, 0) is 4.74 Å². The second-order valence-corrected chi connectivity index (χ2v) is 4.34. The van der Waals surface area contributed by atoms with Crippen LogP contribution in [0.5, 0.6) is 0 Å². The molecule has 1 saturated heterocycles. The van der Waals surface area contributed by atoms with Crippen molar-refractivity contribution >= 4 is 0 Å². The van der Waals surface area contributed by atoms with E-state index in [9.17, 15) is 0 Å². The first kappa shape index (κ1) is 12.9. The van der Waals surface area contributed by atoms with Gasteiger partial charge in [0.1, 0.15) is 0 Å². The molecule has 0 saturated carbocycles. The Hall–Kier alpha value is -0.160. The molecule has 0 aromatic rings. The Morgan fingerprint density at radius 1 is 1.33 bits per heavy atom. The molecule has 0 aliphatic carbocycles. The van der Waals surface area contributed by atoms with Crippen molar-refractivity contribution in [1.82, 2.24) is 9.80 Å². The number of nitrogens with zero attached hydrogens (tertiary/aromatic N) is 2. The van der Waals surface area contributed by atoms with Crippen molar-refractivity contribution in [2.45, 2.75) is 19.4 Å². The number of likely N-dealkylation sites (N-methyl/N-ethyl adjacent to an activating group) is 1. The third-order valence-corrected chi connectivity index (χ3v) is 2.94. The first-order valence-electron chi connectivity index (χ1n) is 5.85. The number of hydrogen-bond donors (Lipinski definition) is 1. The number of aliphatic hydroxyl groups excluding tert-OH is 1. The van der Waals surface area contributed by atoms with Crippen LogP contribution in [-0.4, -0.2) is 74.0 Å². The van der Waals surface area contributed by atoms with Crippen molar-refractivity contribution < 1.29 is 9.84 Å². The molecule has 4 heteroatoms. The van der Waals surface area contributed by atoms with E-state index in [0.717, 1.165) is 26.2 Å². The Balaban J connectivity index is 2.20. The molecule has 1 heterocycles. The largest absolute Gasteiger partial charge is 0.394 e. The highest BCUT2D eigenvalue weighted by Crippen LogP contribution is 2.07. The summed E-state index contributed by atoms with van der Waals surface area (Å²) in [7, 11) is 2.18. The van der Waals surface area contributed by atoms with Gasteiger partial charge in [-0.05, 0) is 33.5 Å². The topological polar surface area (TPSA) is 35.9 Å². The lowest BCUT2D eigenvalue weighted by atomic mass is 10.3. The highest BCUT2D eigenvalue weighted by Gasteiger charge is 2.18. The predicted molar refractivity (Wildman–Crippen MR) is 61.1 cm³/mol. The molecule has 0 aromatic carbocycles. The van der Waals surface area contributed by atoms with Gasteiger partial charge in [-0.1, -0.05) is 0 Å². The van der Waals surface area contributed by atoms with Crippen LogP contribution in [0, 0.1) is 0 Å². The number of rotatable bonds is 5. The lowest BCUT2D eigenvalue weighted by molar-refractivity contribution is 0.0655. The van der Waals surface area contributed by atoms with Gasteiger partial charge >= 0.3 is 0 Å². The summed E-state index contributed by atoms with van der Waals surface area (Å²) in [6.45, 7) is 8.06. The number of ether oxygens (including phenoxy) is 1. The summed E-state index contributed by atoms with van der Waals surface area (Å²) < 4.78 is 5.30. The maximum Gasteiger partial charge on any atom is 0.0698 e. The fourth-order valence-corrected chi connectivity index (χ4v) is 2.10. The quantitative estimate of drug-likeness (QED) is 0.657. The van der Waals surface area contributed by atoms with E-state index in [1.54, 1.807) is 0 Å². The minimum Gasteiger partial charge on any atom is -0.394 e. The minimum absolute atomic E-state index is 0.123. The maximum absolute atomic E-state index is 8.59. The summed E-state index contributed by atoms with van der Waals surface area (Å²) in [4.78, 5) is 4.86. The lowest BCUT2D eigenvalue weighted by Gasteiger charge is -2.27. The normalized spacial score (nSPS) is 25.4. The molecule has 0 spiro atoms. The van der Waals surface area contributed by atoms with E-state index in [1.165, 1.54) is 13.0 Å². The van der Waals surface area contributed by atoms with E-state index >= 15 is 0 Å². The summed E-state index contributed by atoms with van der Waals surface area (Å²) >= 11 is 0. The molecule has 0 aromatic heterocycles. The van der Waals surface area contributed by atoms with Gasteiger partial charge in [-0.15, -0.1) is 0 Å². The van der Waals surface area contributed by atoms with Crippen LogP contribution in [0.15, 0.2) is 0 Å². The van der Waals surface area contributed by atoms with Gasteiger partial charge in [0, 0.05) is 19.1 Å². The zero-order valence-electron chi connectivity index (χ0n) is 9.98. The van der Waals surface area contributed by atoms with Gasteiger partial charge in [-0.3, -0.25) is 4.90 Å². The first-order valence-corrected chi connectivity index (χ1v) is 5.85. The predicted octanol–water partition coefficient (Wildman–Crippen LogP) is 0.0213. The summed E-state index contributed by atoms with van der Waals surface area (Å²) in [6.07, 6.45) is 1.24. The van der Waals surface area contributed by atoms with E-state index < -0.39 is 0 Å². The Bertz CT molecular complexity index is 167. The fraction of sp³-hybridized carbons (Fsp3) is 1.00. The average Bonchev–Trinajstić information content (AvgIpc) is 2.35.